The van der Waals surface area contributed by atoms with E-state index < -0.39 is 10.0 Å². The number of Topliss-reactive ketones (excluding diaryl/α,β-unsaturated/α-hetero) is 1. The number of fused-ring (bicyclic) bond motifs is 1. The Balaban J connectivity index is 1.40. The molecule has 0 unspecified atom stereocenters. The number of carbonyl (C=O) groups is 1. The second-order valence-electron chi connectivity index (χ2n) is 6.66. The summed E-state index contributed by atoms with van der Waals surface area (Å²) in [6, 6.07) is 18.6. The van der Waals surface area contributed by atoms with E-state index in [9.17, 15) is 13.2 Å². The minimum absolute atomic E-state index is 0.0459. The maximum atomic E-state index is 12.4. The van der Waals surface area contributed by atoms with Gasteiger partial charge in [-0.3, -0.25) is 4.79 Å². The molecule has 0 fully saturated rings. The lowest BCUT2D eigenvalue weighted by atomic mass is 10.2. The van der Waals surface area contributed by atoms with Crippen molar-refractivity contribution in [3.05, 3.63) is 72.3 Å². The van der Waals surface area contributed by atoms with Gasteiger partial charge >= 0.3 is 0 Å². The highest BCUT2D eigenvalue weighted by molar-refractivity contribution is 7.89. The van der Waals surface area contributed by atoms with Crippen LogP contribution in [0.15, 0.2) is 71.6 Å². The summed E-state index contributed by atoms with van der Waals surface area (Å²) in [7, 11) is -3.71. The van der Waals surface area contributed by atoms with Crippen molar-refractivity contribution in [2.45, 2.75) is 11.8 Å². The molecule has 31 heavy (non-hydrogen) atoms. The molecule has 0 radical (unpaired) electrons. The fourth-order valence-corrected chi connectivity index (χ4v) is 3.91. The Labute approximate surface area is 178 Å². The number of ether oxygens (including phenoxy) is 1. The Morgan fingerprint density at radius 1 is 1.00 bits per heavy atom. The first-order chi connectivity index (χ1) is 14.9. The maximum Gasteiger partial charge on any atom is 0.240 e. The van der Waals surface area contributed by atoms with E-state index in [1.165, 1.54) is 31.2 Å². The van der Waals surface area contributed by atoms with Crippen molar-refractivity contribution in [1.29, 1.82) is 0 Å². The van der Waals surface area contributed by atoms with Gasteiger partial charge in [-0.2, -0.15) is 4.52 Å². The lowest BCUT2D eigenvalue weighted by Gasteiger charge is -2.09. The molecule has 9 nitrogen and oxygen atoms in total. The molecule has 0 bridgehead atoms. The fraction of sp³-hybridized carbons (Fsp3) is 0.143. The second-order valence-corrected chi connectivity index (χ2v) is 8.42. The van der Waals surface area contributed by atoms with Crippen molar-refractivity contribution in [3.8, 4) is 17.3 Å². The summed E-state index contributed by atoms with van der Waals surface area (Å²) >= 11 is 0. The van der Waals surface area contributed by atoms with Gasteiger partial charge in [0.1, 0.15) is 6.61 Å². The number of ketones is 1. The van der Waals surface area contributed by atoms with Crippen molar-refractivity contribution < 1.29 is 17.9 Å². The minimum Gasteiger partial charge on any atom is -0.475 e. The van der Waals surface area contributed by atoms with Gasteiger partial charge in [-0.1, -0.05) is 42.5 Å². The van der Waals surface area contributed by atoms with Crippen LogP contribution in [-0.4, -0.2) is 47.2 Å². The molecule has 0 aliphatic rings. The number of nitrogens with one attached hydrogen (secondary N) is 1. The van der Waals surface area contributed by atoms with Gasteiger partial charge in [-0.15, -0.1) is 15.3 Å². The quantitative estimate of drug-likeness (QED) is 0.332. The smallest absolute Gasteiger partial charge is 0.240 e. The molecule has 0 saturated carbocycles. The van der Waals surface area contributed by atoms with Gasteiger partial charge in [-0.25, -0.2) is 13.1 Å². The van der Waals surface area contributed by atoms with Crippen LogP contribution < -0.4 is 9.46 Å². The van der Waals surface area contributed by atoms with E-state index in [4.69, 9.17) is 4.74 Å². The van der Waals surface area contributed by atoms with Gasteiger partial charge in [0.25, 0.3) is 0 Å². The van der Waals surface area contributed by atoms with Gasteiger partial charge < -0.3 is 4.74 Å². The van der Waals surface area contributed by atoms with Crippen LogP contribution >= 0.6 is 0 Å². The monoisotopic (exact) mass is 437 g/mol. The molecule has 1 N–H and O–H groups in total. The van der Waals surface area contributed by atoms with Crippen molar-refractivity contribution in [1.82, 2.24) is 24.5 Å². The van der Waals surface area contributed by atoms with E-state index in [1.807, 2.05) is 30.3 Å². The molecule has 0 aliphatic carbocycles. The number of rotatable bonds is 8. The van der Waals surface area contributed by atoms with E-state index >= 15 is 0 Å². The summed E-state index contributed by atoms with van der Waals surface area (Å²) in [4.78, 5) is 11.4. The lowest BCUT2D eigenvalue weighted by Crippen LogP contribution is -2.28. The number of hydrogen-bond donors (Lipinski definition) is 1. The highest BCUT2D eigenvalue weighted by Crippen LogP contribution is 2.18. The van der Waals surface area contributed by atoms with Gasteiger partial charge in [0, 0.05) is 23.7 Å². The predicted octanol–water partition coefficient (Wildman–Crippen LogP) is 2.35. The van der Waals surface area contributed by atoms with Crippen LogP contribution in [0.25, 0.3) is 17.0 Å². The zero-order valence-corrected chi connectivity index (χ0v) is 17.4. The molecule has 10 heteroatoms. The average Bonchev–Trinajstić information content (AvgIpc) is 3.21. The standard InChI is InChI=1S/C21H19N5O4S/c1-15(27)16-7-9-18(10-8-16)31(28,29)22-13-14-30-20-12-11-19-23-24-21(26(19)25-20)17-5-3-2-4-6-17/h2-12,22H,13-14H2,1H3. The Hall–Kier alpha value is -3.63. The molecule has 0 saturated heterocycles. The normalized spacial score (nSPS) is 11.5. The molecular weight excluding hydrogens is 418 g/mol. The minimum atomic E-state index is -3.71. The first kappa shape index (κ1) is 20.6. The van der Waals surface area contributed by atoms with Crippen molar-refractivity contribution in [2.24, 2.45) is 0 Å². The summed E-state index contributed by atoms with van der Waals surface area (Å²) in [5, 5.41) is 12.7. The zero-order valence-electron chi connectivity index (χ0n) is 16.6. The molecule has 0 amide bonds. The van der Waals surface area contributed by atoms with Crippen molar-refractivity contribution in [2.75, 3.05) is 13.2 Å². The van der Waals surface area contributed by atoms with Gasteiger partial charge in [0.2, 0.25) is 15.9 Å². The number of nitrogens with zero attached hydrogens (tertiary/aromatic N) is 4. The van der Waals surface area contributed by atoms with Crippen LogP contribution in [0.5, 0.6) is 5.88 Å². The fourth-order valence-electron chi connectivity index (χ4n) is 2.90. The summed E-state index contributed by atoms with van der Waals surface area (Å²) < 4.78 is 34.4. The Kier molecular flexibility index (Phi) is 5.74. The first-order valence-electron chi connectivity index (χ1n) is 9.45. The molecule has 0 atom stereocenters. The molecule has 4 aromatic rings. The van der Waals surface area contributed by atoms with E-state index in [-0.39, 0.29) is 23.8 Å². The molecule has 158 valence electrons. The highest BCUT2D eigenvalue weighted by Gasteiger charge is 2.14. The van der Waals surface area contributed by atoms with Gasteiger partial charge in [-0.05, 0) is 25.1 Å². The summed E-state index contributed by atoms with van der Waals surface area (Å²) in [6.07, 6.45) is 0. The molecule has 2 aromatic heterocycles. The predicted molar refractivity (Wildman–Crippen MR) is 113 cm³/mol. The van der Waals surface area contributed by atoms with Crippen LogP contribution in [0, 0.1) is 0 Å². The molecule has 4 rings (SSSR count). The van der Waals surface area contributed by atoms with Gasteiger partial charge in [0.05, 0.1) is 4.90 Å². The van der Waals surface area contributed by atoms with E-state index in [1.54, 1.807) is 16.6 Å². The average molecular weight is 437 g/mol. The third kappa shape index (κ3) is 4.60. The molecule has 2 heterocycles. The van der Waals surface area contributed by atoms with E-state index in [0.29, 0.717) is 22.9 Å². The van der Waals surface area contributed by atoms with Crippen LogP contribution in [0.2, 0.25) is 0 Å². The van der Waals surface area contributed by atoms with Gasteiger partial charge in [0.15, 0.2) is 17.3 Å². The number of hydrogen-bond acceptors (Lipinski definition) is 7. The maximum absolute atomic E-state index is 12.4. The Morgan fingerprint density at radius 3 is 2.45 bits per heavy atom. The third-order valence-corrected chi connectivity index (χ3v) is 5.96. The largest absolute Gasteiger partial charge is 0.475 e. The Bertz CT molecular complexity index is 1320. The summed E-state index contributed by atoms with van der Waals surface area (Å²) in [6.45, 7) is 1.55. The Morgan fingerprint density at radius 2 is 1.74 bits per heavy atom. The molecule has 2 aromatic carbocycles. The summed E-state index contributed by atoms with van der Waals surface area (Å²) in [5.74, 6) is 0.767. The van der Waals surface area contributed by atoms with Crippen LogP contribution in [0.3, 0.4) is 0 Å². The number of benzene rings is 2. The molecule has 0 aliphatic heterocycles. The highest BCUT2D eigenvalue weighted by atomic mass is 32.2. The van der Waals surface area contributed by atoms with Crippen LogP contribution in [0.4, 0.5) is 0 Å². The summed E-state index contributed by atoms with van der Waals surface area (Å²) in [5.41, 5.74) is 1.89. The van der Waals surface area contributed by atoms with Crippen LogP contribution in [-0.2, 0) is 10.0 Å². The SMILES string of the molecule is CC(=O)c1ccc(S(=O)(=O)NCCOc2ccc3nnc(-c4ccccc4)n3n2)cc1. The van der Waals surface area contributed by atoms with Crippen molar-refractivity contribution in [3.63, 3.8) is 0 Å². The number of carbonyl (C=O) groups excluding carboxylic acids is 1. The first-order valence-corrected chi connectivity index (χ1v) is 10.9. The molecule has 0 spiro atoms. The lowest BCUT2D eigenvalue weighted by molar-refractivity contribution is 0.101. The molecular formula is C21H19N5O4S. The zero-order chi connectivity index (χ0) is 21.8. The third-order valence-electron chi connectivity index (χ3n) is 4.49. The second kappa shape index (κ2) is 8.62. The number of sulfonamides is 1. The van der Waals surface area contributed by atoms with E-state index in [2.05, 4.69) is 20.0 Å². The number of aromatic nitrogens is 4. The van der Waals surface area contributed by atoms with Crippen LogP contribution in [0.1, 0.15) is 17.3 Å². The van der Waals surface area contributed by atoms with E-state index in [0.717, 1.165) is 5.56 Å². The topological polar surface area (TPSA) is 116 Å². The van der Waals surface area contributed by atoms with Crippen molar-refractivity contribution >= 4 is 21.5 Å².